The molecule has 1 aliphatic carbocycles. The van der Waals surface area contributed by atoms with Gasteiger partial charge in [-0.3, -0.25) is 9.59 Å². The molecule has 1 saturated carbocycles. The van der Waals surface area contributed by atoms with Crippen LogP contribution < -0.4 is 10.6 Å². The van der Waals surface area contributed by atoms with Crippen molar-refractivity contribution in [3.63, 3.8) is 0 Å². The van der Waals surface area contributed by atoms with Gasteiger partial charge < -0.3 is 10.6 Å². The number of hydrogen-bond acceptors (Lipinski definition) is 2. The first-order valence-corrected chi connectivity index (χ1v) is 8.35. The van der Waals surface area contributed by atoms with E-state index in [9.17, 15) is 9.59 Å². The van der Waals surface area contributed by atoms with Crippen molar-refractivity contribution >= 4 is 11.8 Å². The number of nitrogens with one attached hydrogen (secondary N) is 2. The van der Waals surface area contributed by atoms with E-state index < -0.39 is 0 Å². The molecule has 1 aromatic rings. The minimum atomic E-state index is -0.129. The Kier molecular flexibility index (Phi) is 6.94. The van der Waals surface area contributed by atoms with Crippen LogP contribution in [0.2, 0.25) is 0 Å². The SMILES string of the molecule is O=C(CCNC(=O)c1ccccc1)NCCC1CCCCC1. The summed E-state index contributed by atoms with van der Waals surface area (Å²) in [6.45, 7) is 1.14. The van der Waals surface area contributed by atoms with Crippen LogP contribution in [0.15, 0.2) is 30.3 Å². The highest BCUT2D eigenvalue weighted by atomic mass is 16.2. The van der Waals surface area contributed by atoms with Crippen molar-refractivity contribution in [3.05, 3.63) is 35.9 Å². The fourth-order valence-electron chi connectivity index (χ4n) is 2.96. The molecule has 120 valence electrons. The second-order valence-electron chi connectivity index (χ2n) is 6.01. The predicted molar refractivity (Wildman–Crippen MR) is 87.6 cm³/mol. The molecule has 0 unspecified atom stereocenters. The third kappa shape index (κ3) is 5.88. The highest BCUT2D eigenvalue weighted by Gasteiger charge is 2.13. The van der Waals surface area contributed by atoms with Crippen molar-refractivity contribution in [2.75, 3.05) is 13.1 Å². The lowest BCUT2D eigenvalue weighted by Crippen LogP contribution is -2.31. The van der Waals surface area contributed by atoms with E-state index in [1.807, 2.05) is 18.2 Å². The molecule has 0 aromatic heterocycles. The van der Waals surface area contributed by atoms with Crippen LogP contribution in [0.25, 0.3) is 0 Å². The maximum absolute atomic E-state index is 11.8. The minimum absolute atomic E-state index is 0.0178. The number of benzene rings is 1. The van der Waals surface area contributed by atoms with Crippen molar-refractivity contribution in [1.82, 2.24) is 10.6 Å². The fourth-order valence-corrected chi connectivity index (χ4v) is 2.96. The molecule has 4 heteroatoms. The first kappa shape index (κ1) is 16.5. The van der Waals surface area contributed by atoms with E-state index in [0.29, 0.717) is 18.5 Å². The molecule has 0 saturated heterocycles. The van der Waals surface area contributed by atoms with Gasteiger partial charge in [0.05, 0.1) is 0 Å². The average Bonchev–Trinajstić information content (AvgIpc) is 2.56. The van der Waals surface area contributed by atoms with Gasteiger partial charge in [-0.05, 0) is 24.5 Å². The van der Waals surface area contributed by atoms with E-state index in [1.165, 1.54) is 32.1 Å². The van der Waals surface area contributed by atoms with Gasteiger partial charge in [-0.15, -0.1) is 0 Å². The van der Waals surface area contributed by atoms with E-state index in [-0.39, 0.29) is 11.8 Å². The monoisotopic (exact) mass is 302 g/mol. The van der Waals surface area contributed by atoms with Crippen LogP contribution >= 0.6 is 0 Å². The summed E-state index contributed by atoms with van der Waals surface area (Å²) in [6, 6.07) is 9.05. The van der Waals surface area contributed by atoms with Crippen molar-refractivity contribution < 1.29 is 9.59 Å². The normalized spacial score (nSPS) is 15.3. The molecular formula is C18H26N2O2. The Morgan fingerprint density at radius 1 is 0.955 bits per heavy atom. The van der Waals surface area contributed by atoms with Gasteiger partial charge in [-0.25, -0.2) is 0 Å². The lowest BCUT2D eigenvalue weighted by Gasteiger charge is -2.21. The van der Waals surface area contributed by atoms with Crippen LogP contribution in [-0.4, -0.2) is 24.9 Å². The number of amides is 2. The fraction of sp³-hybridized carbons (Fsp3) is 0.556. The first-order chi connectivity index (χ1) is 10.8. The summed E-state index contributed by atoms with van der Waals surface area (Å²) in [5, 5.41) is 5.72. The first-order valence-electron chi connectivity index (χ1n) is 8.35. The van der Waals surface area contributed by atoms with Crippen LogP contribution in [0, 0.1) is 5.92 Å². The topological polar surface area (TPSA) is 58.2 Å². The summed E-state index contributed by atoms with van der Waals surface area (Å²) in [5.41, 5.74) is 0.625. The zero-order valence-corrected chi connectivity index (χ0v) is 13.1. The van der Waals surface area contributed by atoms with E-state index in [2.05, 4.69) is 10.6 Å². The van der Waals surface area contributed by atoms with Gasteiger partial charge in [0.25, 0.3) is 5.91 Å². The van der Waals surface area contributed by atoms with Crippen LogP contribution in [0.1, 0.15) is 55.3 Å². The van der Waals surface area contributed by atoms with E-state index in [1.54, 1.807) is 12.1 Å². The van der Waals surface area contributed by atoms with Gasteiger partial charge in [-0.2, -0.15) is 0 Å². The molecule has 0 spiro atoms. The third-order valence-electron chi connectivity index (χ3n) is 4.27. The Hall–Kier alpha value is -1.84. The van der Waals surface area contributed by atoms with Gasteiger partial charge in [0.2, 0.25) is 5.91 Å². The Morgan fingerprint density at radius 2 is 1.68 bits per heavy atom. The van der Waals surface area contributed by atoms with Gasteiger partial charge in [0.1, 0.15) is 0 Å². The average molecular weight is 302 g/mol. The van der Waals surface area contributed by atoms with Gasteiger partial charge in [0.15, 0.2) is 0 Å². The lowest BCUT2D eigenvalue weighted by atomic mass is 9.87. The Labute approximate surface area is 132 Å². The lowest BCUT2D eigenvalue weighted by molar-refractivity contribution is -0.121. The summed E-state index contributed by atoms with van der Waals surface area (Å²) >= 11 is 0. The minimum Gasteiger partial charge on any atom is -0.356 e. The van der Waals surface area contributed by atoms with E-state index >= 15 is 0 Å². The Balaban J connectivity index is 1.55. The third-order valence-corrected chi connectivity index (χ3v) is 4.27. The number of rotatable bonds is 7. The van der Waals surface area contributed by atoms with Crippen molar-refractivity contribution in [1.29, 1.82) is 0 Å². The Bertz CT molecular complexity index is 467. The maximum Gasteiger partial charge on any atom is 0.251 e. The van der Waals surface area contributed by atoms with Crippen LogP contribution in [0.3, 0.4) is 0 Å². The highest BCUT2D eigenvalue weighted by Crippen LogP contribution is 2.25. The molecule has 1 fully saturated rings. The van der Waals surface area contributed by atoms with Gasteiger partial charge >= 0.3 is 0 Å². The smallest absolute Gasteiger partial charge is 0.251 e. The summed E-state index contributed by atoms with van der Waals surface area (Å²) in [7, 11) is 0. The molecule has 1 aromatic carbocycles. The van der Waals surface area contributed by atoms with Gasteiger partial charge in [-0.1, -0.05) is 50.3 Å². The molecule has 2 N–H and O–H groups in total. The number of hydrogen-bond donors (Lipinski definition) is 2. The second-order valence-corrected chi connectivity index (χ2v) is 6.01. The van der Waals surface area contributed by atoms with Gasteiger partial charge in [0, 0.05) is 25.1 Å². The number of carbonyl (C=O) groups is 2. The van der Waals surface area contributed by atoms with E-state index in [4.69, 9.17) is 0 Å². The molecule has 0 aliphatic heterocycles. The second kappa shape index (κ2) is 9.23. The molecule has 1 aliphatic rings. The van der Waals surface area contributed by atoms with Crippen molar-refractivity contribution in [3.8, 4) is 0 Å². The summed E-state index contributed by atoms with van der Waals surface area (Å²) in [4.78, 5) is 23.5. The highest BCUT2D eigenvalue weighted by molar-refractivity contribution is 5.94. The van der Waals surface area contributed by atoms with Crippen LogP contribution in [-0.2, 0) is 4.79 Å². The molecule has 0 atom stereocenters. The molecule has 0 bridgehead atoms. The number of carbonyl (C=O) groups excluding carboxylic acids is 2. The maximum atomic E-state index is 11.8. The summed E-state index contributed by atoms with van der Waals surface area (Å²) in [5.74, 6) is 0.673. The molecule has 2 amide bonds. The Morgan fingerprint density at radius 3 is 2.41 bits per heavy atom. The van der Waals surface area contributed by atoms with Crippen LogP contribution in [0.5, 0.6) is 0 Å². The molecule has 4 nitrogen and oxygen atoms in total. The van der Waals surface area contributed by atoms with Crippen LogP contribution in [0.4, 0.5) is 0 Å². The molecule has 0 heterocycles. The summed E-state index contributed by atoms with van der Waals surface area (Å²) in [6.07, 6.45) is 8.08. The largest absolute Gasteiger partial charge is 0.356 e. The van der Waals surface area contributed by atoms with Crippen molar-refractivity contribution in [2.45, 2.75) is 44.9 Å². The van der Waals surface area contributed by atoms with Crippen molar-refractivity contribution in [2.24, 2.45) is 5.92 Å². The zero-order chi connectivity index (χ0) is 15.6. The molecule has 2 rings (SSSR count). The molecular weight excluding hydrogens is 276 g/mol. The standard InChI is InChI=1S/C18H26N2O2/c21-17(19-13-11-15-7-3-1-4-8-15)12-14-20-18(22)16-9-5-2-6-10-16/h2,5-6,9-10,15H,1,3-4,7-8,11-14H2,(H,19,21)(H,20,22). The van der Waals surface area contributed by atoms with E-state index in [0.717, 1.165) is 18.9 Å². The predicted octanol–water partition coefficient (Wildman–Crippen LogP) is 2.89. The molecule has 22 heavy (non-hydrogen) atoms. The quantitative estimate of drug-likeness (QED) is 0.813. The zero-order valence-electron chi connectivity index (χ0n) is 13.1. The summed E-state index contributed by atoms with van der Waals surface area (Å²) < 4.78 is 0. The molecule has 0 radical (unpaired) electrons.